The van der Waals surface area contributed by atoms with Gasteiger partial charge in [-0.1, -0.05) is 6.58 Å². The van der Waals surface area contributed by atoms with Crippen LogP contribution in [0.1, 0.15) is 83.1 Å². The van der Waals surface area contributed by atoms with E-state index in [0.29, 0.717) is 0 Å². The Kier molecular flexibility index (Phi) is 10.6. The fourth-order valence-electron chi connectivity index (χ4n) is 2.89. The lowest BCUT2D eigenvalue weighted by molar-refractivity contribution is -0.301. The van der Waals surface area contributed by atoms with E-state index in [9.17, 15) is 19.2 Å². The number of esters is 4. The van der Waals surface area contributed by atoms with Gasteiger partial charge in [0, 0.05) is 0 Å². The van der Waals surface area contributed by atoms with Crippen molar-refractivity contribution in [2.24, 2.45) is 21.7 Å². The first-order valence-electron chi connectivity index (χ1n) is 12.7. The highest BCUT2D eigenvalue weighted by atomic mass is 16.7. The third-order valence-electron chi connectivity index (χ3n) is 5.38. The van der Waals surface area contributed by atoms with Crippen LogP contribution in [-0.2, 0) is 47.6 Å². The van der Waals surface area contributed by atoms with E-state index in [1.54, 1.807) is 83.1 Å². The topological polar surface area (TPSA) is 124 Å². The Labute approximate surface area is 226 Å². The number of carbonyl (C=O) groups excluding carboxylic acids is 4. The zero-order chi connectivity index (χ0) is 29.9. The van der Waals surface area contributed by atoms with Gasteiger partial charge in [-0.2, -0.15) is 0 Å². The maximum absolute atomic E-state index is 13.1. The van der Waals surface area contributed by atoms with Gasteiger partial charge in [-0.15, -0.1) is 0 Å². The van der Waals surface area contributed by atoms with E-state index in [1.807, 2.05) is 0 Å². The van der Waals surface area contributed by atoms with E-state index in [0.717, 1.165) is 6.26 Å². The van der Waals surface area contributed by atoms with Gasteiger partial charge in [0.05, 0.1) is 27.9 Å². The van der Waals surface area contributed by atoms with Crippen molar-refractivity contribution in [2.75, 3.05) is 6.61 Å². The summed E-state index contributed by atoms with van der Waals surface area (Å²) in [6, 6.07) is 0. The Bertz CT molecular complexity index is 879. The second-order valence-electron chi connectivity index (χ2n) is 13.6. The third kappa shape index (κ3) is 9.29. The van der Waals surface area contributed by atoms with Gasteiger partial charge < -0.3 is 28.4 Å². The molecular weight excluding hydrogens is 496 g/mol. The second kappa shape index (κ2) is 12.1. The van der Waals surface area contributed by atoms with Gasteiger partial charge in [0.2, 0.25) is 12.4 Å². The van der Waals surface area contributed by atoms with Crippen molar-refractivity contribution in [3.63, 3.8) is 0 Å². The molecule has 1 heterocycles. The average molecular weight is 543 g/mol. The summed E-state index contributed by atoms with van der Waals surface area (Å²) in [5, 5.41) is 0. The maximum atomic E-state index is 13.1. The minimum Gasteiger partial charge on any atom is -0.469 e. The summed E-state index contributed by atoms with van der Waals surface area (Å²) in [7, 11) is 0. The molecule has 5 atom stereocenters. The molecule has 0 saturated carbocycles. The summed E-state index contributed by atoms with van der Waals surface area (Å²) in [4.78, 5) is 51.5. The van der Waals surface area contributed by atoms with Crippen molar-refractivity contribution in [1.82, 2.24) is 0 Å². The molecule has 0 aliphatic carbocycles. The van der Waals surface area contributed by atoms with Crippen molar-refractivity contribution in [1.29, 1.82) is 0 Å². The molecule has 0 radical (unpaired) electrons. The van der Waals surface area contributed by atoms with E-state index >= 15 is 0 Å². The van der Waals surface area contributed by atoms with Crippen LogP contribution >= 0.6 is 0 Å². The number of ether oxygens (including phenoxy) is 6. The molecule has 1 rings (SSSR count). The molecule has 0 N–H and O–H groups in total. The SMILES string of the molecule is C=COC1O[C@H](COC(=O)C(C)(C)C)[C@H](OC(=O)C(C)(C)C)[C@H](OC(=O)C(C)(C)C)[C@H]1OC(=O)C(C)(C)C. The first-order valence-corrected chi connectivity index (χ1v) is 12.7. The van der Waals surface area contributed by atoms with Crippen LogP contribution in [0.4, 0.5) is 0 Å². The smallest absolute Gasteiger partial charge is 0.311 e. The molecule has 1 saturated heterocycles. The van der Waals surface area contributed by atoms with Gasteiger partial charge in [0.25, 0.3) is 0 Å². The number of carbonyl (C=O) groups is 4. The molecular formula is C28H46O10. The van der Waals surface area contributed by atoms with E-state index in [2.05, 4.69) is 6.58 Å². The molecule has 0 amide bonds. The molecule has 0 spiro atoms. The number of hydrogen-bond donors (Lipinski definition) is 0. The highest BCUT2D eigenvalue weighted by Gasteiger charge is 2.55. The summed E-state index contributed by atoms with van der Waals surface area (Å²) >= 11 is 0. The lowest BCUT2D eigenvalue weighted by Crippen LogP contribution is -2.64. The van der Waals surface area contributed by atoms with E-state index in [4.69, 9.17) is 28.4 Å². The monoisotopic (exact) mass is 542 g/mol. The summed E-state index contributed by atoms with van der Waals surface area (Å²) in [6.07, 6.45) is -5.33. The molecule has 0 aromatic heterocycles. The Morgan fingerprint density at radius 1 is 0.632 bits per heavy atom. The normalized spacial score (nSPS) is 24.6. The Morgan fingerprint density at radius 2 is 1.00 bits per heavy atom. The highest BCUT2D eigenvalue weighted by Crippen LogP contribution is 2.34. The summed E-state index contributed by atoms with van der Waals surface area (Å²) in [5.74, 6) is -2.41. The van der Waals surface area contributed by atoms with E-state index in [-0.39, 0.29) is 6.61 Å². The number of hydrogen-bond acceptors (Lipinski definition) is 10. The second-order valence-corrected chi connectivity index (χ2v) is 13.6. The van der Waals surface area contributed by atoms with Crippen LogP contribution in [0, 0.1) is 21.7 Å². The van der Waals surface area contributed by atoms with Gasteiger partial charge in [0.15, 0.2) is 12.2 Å². The minimum atomic E-state index is -1.35. The standard InChI is InChI=1S/C28H46O10/c1-14-33-20-19(38-24(32)28(11,12)13)18(37-23(31)27(8,9)10)17(36-22(30)26(5,6)7)16(35-20)15-34-21(29)25(2,3)4/h14,16-20H,1,15H2,2-13H3/t16-,17+,18+,19-,20?/m1/s1. The van der Waals surface area contributed by atoms with Crippen molar-refractivity contribution in [3.05, 3.63) is 12.8 Å². The quantitative estimate of drug-likeness (QED) is 0.261. The lowest BCUT2D eigenvalue weighted by Gasteiger charge is -2.45. The van der Waals surface area contributed by atoms with Crippen LogP contribution in [0.5, 0.6) is 0 Å². The van der Waals surface area contributed by atoms with Crippen molar-refractivity contribution < 1.29 is 47.6 Å². The van der Waals surface area contributed by atoms with Crippen LogP contribution in [0.2, 0.25) is 0 Å². The van der Waals surface area contributed by atoms with Gasteiger partial charge in [-0.25, -0.2) is 0 Å². The summed E-state index contributed by atoms with van der Waals surface area (Å²) in [5.41, 5.74) is -3.62. The fraction of sp³-hybridized carbons (Fsp3) is 0.786. The Hall–Kier alpha value is -2.62. The number of rotatable bonds is 7. The zero-order valence-corrected chi connectivity index (χ0v) is 25.0. The average Bonchev–Trinajstić information content (AvgIpc) is 2.73. The fourth-order valence-corrected chi connectivity index (χ4v) is 2.89. The van der Waals surface area contributed by atoms with E-state index in [1.165, 1.54) is 0 Å². The summed E-state index contributed by atoms with van der Waals surface area (Å²) < 4.78 is 34.5. The molecule has 1 aliphatic rings. The maximum Gasteiger partial charge on any atom is 0.311 e. The molecule has 10 nitrogen and oxygen atoms in total. The molecule has 1 fully saturated rings. The summed E-state index contributed by atoms with van der Waals surface area (Å²) in [6.45, 7) is 23.2. The Morgan fingerprint density at radius 3 is 1.37 bits per heavy atom. The first kappa shape index (κ1) is 33.4. The van der Waals surface area contributed by atoms with E-state index < -0.39 is 76.2 Å². The predicted octanol–water partition coefficient (Wildman–Crippen LogP) is 4.33. The predicted molar refractivity (Wildman–Crippen MR) is 138 cm³/mol. The highest BCUT2D eigenvalue weighted by molar-refractivity contribution is 5.78. The molecule has 0 aromatic rings. The molecule has 1 aliphatic heterocycles. The Balaban J connectivity index is 3.64. The van der Waals surface area contributed by atoms with Gasteiger partial charge in [-0.05, 0) is 83.1 Å². The molecule has 10 heteroatoms. The largest absolute Gasteiger partial charge is 0.469 e. The van der Waals surface area contributed by atoms with Gasteiger partial charge in [-0.3, -0.25) is 19.2 Å². The van der Waals surface area contributed by atoms with Crippen LogP contribution in [-0.4, -0.2) is 61.2 Å². The third-order valence-corrected chi connectivity index (χ3v) is 5.38. The van der Waals surface area contributed by atoms with Crippen molar-refractivity contribution in [3.8, 4) is 0 Å². The molecule has 218 valence electrons. The molecule has 0 bridgehead atoms. The first-order chi connectivity index (χ1) is 17.0. The molecule has 1 unspecified atom stereocenters. The molecule has 0 aromatic carbocycles. The van der Waals surface area contributed by atoms with Crippen molar-refractivity contribution >= 4 is 23.9 Å². The van der Waals surface area contributed by atoms with Crippen LogP contribution in [0.15, 0.2) is 12.8 Å². The lowest BCUT2D eigenvalue weighted by atomic mass is 9.93. The minimum absolute atomic E-state index is 0.349. The van der Waals surface area contributed by atoms with Crippen molar-refractivity contribution in [2.45, 2.75) is 114 Å². The van der Waals surface area contributed by atoms with Crippen LogP contribution in [0.25, 0.3) is 0 Å². The van der Waals surface area contributed by atoms with Gasteiger partial charge >= 0.3 is 23.9 Å². The van der Waals surface area contributed by atoms with Crippen LogP contribution < -0.4 is 0 Å². The molecule has 38 heavy (non-hydrogen) atoms. The van der Waals surface area contributed by atoms with Gasteiger partial charge in [0.1, 0.15) is 12.7 Å². The zero-order valence-electron chi connectivity index (χ0n) is 25.0. The van der Waals surface area contributed by atoms with Crippen LogP contribution in [0.3, 0.4) is 0 Å².